The number of methoxy groups -OCH3 is 2. The summed E-state index contributed by atoms with van der Waals surface area (Å²) in [5.74, 6) is 0.770. The van der Waals surface area contributed by atoms with Gasteiger partial charge in [-0.3, -0.25) is 4.79 Å². The molecule has 0 aliphatic heterocycles. The van der Waals surface area contributed by atoms with E-state index in [2.05, 4.69) is 10.3 Å². The number of thioether (sulfide) groups is 1. The second kappa shape index (κ2) is 11.3. The number of aromatic nitrogens is 2. The summed E-state index contributed by atoms with van der Waals surface area (Å²) in [5.41, 5.74) is 4.28. The van der Waals surface area contributed by atoms with Gasteiger partial charge in [-0.2, -0.15) is 0 Å². The van der Waals surface area contributed by atoms with E-state index in [1.165, 1.54) is 26.0 Å². The molecule has 1 atom stereocenters. The number of rotatable bonds is 9. The van der Waals surface area contributed by atoms with Crippen LogP contribution in [-0.2, 0) is 4.79 Å². The lowest BCUT2D eigenvalue weighted by atomic mass is 10.1. The number of ether oxygens (including phenoxy) is 2. The van der Waals surface area contributed by atoms with E-state index in [1.54, 1.807) is 12.1 Å². The molecule has 0 saturated carbocycles. The molecule has 2 N–H and O–H groups in total. The fourth-order valence-corrected chi connectivity index (χ4v) is 4.80. The normalized spacial score (nSPS) is 11.7. The van der Waals surface area contributed by atoms with E-state index in [-0.39, 0.29) is 11.2 Å². The Labute approximate surface area is 214 Å². The minimum Gasteiger partial charge on any atom is -0.495 e. The van der Waals surface area contributed by atoms with Gasteiger partial charge < -0.3 is 19.8 Å². The van der Waals surface area contributed by atoms with E-state index in [0.717, 1.165) is 22.5 Å². The van der Waals surface area contributed by atoms with Crippen LogP contribution < -0.4 is 14.8 Å². The van der Waals surface area contributed by atoms with Crippen LogP contribution in [0.5, 0.6) is 11.5 Å². The molecule has 1 amide bonds. The largest absolute Gasteiger partial charge is 0.495 e. The average molecular weight is 508 g/mol. The highest BCUT2D eigenvalue weighted by Crippen LogP contribution is 2.37. The van der Waals surface area contributed by atoms with E-state index in [9.17, 15) is 4.79 Å². The topological polar surface area (TPSA) is 76.2 Å². The summed E-state index contributed by atoms with van der Waals surface area (Å²) in [6.07, 6.45) is 0.602. The number of aromatic amines is 1. The maximum atomic E-state index is 13.2. The van der Waals surface area contributed by atoms with Crippen molar-refractivity contribution >= 4 is 35.0 Å². The van der Waals surface area contributed by atoms with Crippen LogP contribution in [0.25, 0.3) is 22.5 Å². The van der Waals surface area contributed by atoms with Crippen molar-refractivity contribution in [2.45, 2.75) is 23.8 Å². The molecule has 180 valence electrons. The van der Waals surface area contributed by atoms with Crippen molar-refractivity contribution in [2.24, 2.45) is 0 Å². The van der Waals surface area contributed by atoms with Gasteiger partial charge in [-0.25, -0.2) is 4.98 Å². The lowest BCUT2D eigenvalue weighted by Gasteiger charge is -2.16. The van der Waals surface area contributed by atoms with Crippen LogP contribution in [0.15, 0.2) is 78.0 Å². The van der Waals surface area contributed by atoms with Gasteiger partial charge in [0.15, 0.2) is 5.16 Å². The van der Waals surface area contributed by atoms with Gasteiger partial charge in [-0.1, -0.05) is 91.0 Å². The first-order chi connectivity index (χ1) is 17.0. The molecule has 4 aromatic rings. The third-order valence-electron chi connectivity index (χ3n) is 5.44. The highest BCUT2D eigenvalue weighted by atomic mass is 35.5. The number of imidazole rings is 1. The molecular formula is C27H26ClN3O3S. The number of nitrogens with zero attached hydrogens (tertiary/aromatic N) is 1. The van der Waals surface area contributed by atoms with Gasteiger partial charge in [-0.05, 0) is 12.5 Å². The smallest absolute Gasteiger partial charge is 0.238 e. The van der Waals surface area contributed by atoms with Gasteiger partial charge in [0, 0.05) is 17.2 Å². The SMILES string of the molecule is CCC(Sc1nc(-c2ccccc2)c(-c2ccccc2)[nH]1)C(=O)Nc1cc(Cl)c(OC)cc1OC. The van der Waals surface area contributed by atoms with Crippen molar-refractivity contribution in [2.75, 3.05) is 19.5 Å². The number of carbonyl (C=O) groups excluding carboxylic acids is 1. The zero-order chi connectivity index (χ0) is 24.8. The van der Waals surface area contributed by atoms with Gasteiger partial charge in [0.1, 0.15) is 11.5 Å². The van der Waals surface area contributed by atoms with Crippen molar-refractivity contribution in [3.05, 3.63) is 77.8 Å². The molecule has 0 spiro atoms. The lowest BCUT2D eigenvalue weighted by molar-refractivity contribution is -0.115. The maximum absolute atomic E-state index is 13.2. The first-order valence-electron chi connectivity index (χ1n) is 11.1. The number of amides is 1. The number of nitrogens with one attached hydrogen (secondary N) is 2. The van der Waals surface area contributed by atoms with Crippen molar-refractivity contribution < 1.29 is 14.3 Å². The molecule has 0 saturated heterocycles. The Morgan fingerprint density at radius 2 is 1.63 bits per heavy atom. The minimum absolute atomic E-state index is 0.170. The molecule has 0 fully saturated rings. The highest BCUT2D eigenvalue weighted by molar-refractivity contribution is 8.00. The summed E-state index contributed by atoms with van der Waals surface area (Å²) < 4.78 is 10.7. The van der Waals surface area contributed by atoms with Gasteiger partial charge in [-0.15, -0.1) is 0 Å². The fraction of sp³-hybridized carbons (Fsp3) is 0.185. The zero-order valence-electron chi connectivity index (χ0n) is 19.7. The van der Waals surface area contributed by atoms with Crippen LogP contribution in [-0.4, -0.2) is 35.3 Å². The van der Waals surface area contributed by atoms with Crippen LogP contribution in [0.1, 0.15) is 13.3 Å². The zero-order valence-corrected chi connectivity index (χ0v) is 21.2. The Hall–Kier alpha value is -3.42. The first kappa shape index (κ1) is 24.7. The van der Waals surface area contributed by atoms with E-state index < -0.39 is 0 Å². The summed E-state index contributed by atoms with van der Waals surface area (Å²) in [5, 5.41) is 3.61. The second-order valence-corrected chi connectivity index (χ2v) is 9.29. The molecule has 6 nitrogen and oxygen atoms in total. The molecule has 1 unspecified atom stereocenters. The van der Waals surface area contributed by atoms with E-state index in [4.69, 9.17) is 26.1 Å². The monoisotopic (exact) mass is 507 g/mol. The predicted molar refractivity (Wildman–Crippen MR) is 143 cm³/mol. The van der Waals surface area contributed by atoms with Gasteiger partial charge >= 0.3 is 0 Å². The van der Waals surface area contributed by atoms with Gasteiger partial charge in [0.05, 0.1) is 41.6 Å². The Morgan fingerprint density at radius 1 is 1.00 bits per heavy atom. The molecule has 3 aromatic carbocycles. The van der Waals surface area contributed by atoms with Crippen molar-refractivity contribution in [3.8, 4) is 34.0 Å². The maximum Gasteiger partial charge on any atom is 0.238 e. The first-order valence-corrected chi connectivity index (χ1v) is 12.4. The van der Waals surface area contributed by atoms with Crippen molar-refractivity contribution in [3.63, 3.8) is 0 Å². The number of carbonyl (C=O) groups is 1. The standard InChI is InChI=1S/C27H26ClN3O3S/c1-4-23(26(32)29-20-15-19(28)21(33-2)16-22(20)34-3)35-27-30-24(17-11-7-5-8-12-17)25(31-27)18-13-9-6-10-14-18/h5-16,23H,4H2,1-3H3,(H,29,32)(H,30,31). The third-order valence-corrected chi connectivity index (χ3v) is 6.98. The molecule has 35 heavy (non-hydrogen) atoms. The average Bonchev–Trinajstić information content (AvgIpc) is 3.32. The Bertz CT molecular complexity index is 1240. The summed E-state index contributed by atoms with van der Waals surface area (Å²) in [6, 6.07) is 23.3. The minimum atomic E-state index is -0.390. The van der Waals surface area contributed by atoms with E-state index in [1.807, 2.05) is 67.6 Å². The highest BCUT2D eigenvalue weighted by Gasteiger charge is 2.23. The Kier molecular flexibility index (Phi) is 8.00. The number of halogens is 1. The summed E-state index contributed by atoms with van der Waals surface area (Å²) >= 11 is 7.66. The van der Waals surface area contributed by atoms with Crippen LogP contribution in [0.4, 0.5) is 5.69 Å². The van der Waals surface area contributed by atoms with E-state index in [0.29, 0.717) is 33.8 Å². The quantitative estimate of drug-likeness (QED) is 0.240. The molecular weight excluding hydrogens is 482 g/mol. The molecule has 0 bridgehead atoms. The number of hydrogen-bond donors (Lipinski definition) is 2. The van der Waals surface area contributed by atoms with Crippen LogP contribution in [0, 0.1) is 0 Å². The second-order valence-electron chi connectivity index (χ2n) is 7.69. The molecule has 4 rings (SSSR count). The number of H-pyrrole nitrogens is 1. The summed E-state index contributed by atoms with van der Waals surface area (Å²) in [6.45, 7) is 1.97. The van der Waals surface area contributed by atoms with Gasteiger partial charge in [0.2, 0.25) is 5.91 Å². The third kappa shape index (κ3) is 5.63. The number of hydrogen-bond acceptors (Lipinski definition) is 5. The number of benzene rings is 3. The number of anilines is 1. The molecule has 1 heterocycles. The van der Waals surface area contributed by atoms with E-state index >= 15 is 0 Å². The van der Waals surface area contributed by atoms with Crippen molar-refractivity contribution in [1.82, 2.24) is 9.97 Å². The molecule has 0 aliphatic rings. The molecule has 0 radical (unpaired) electrons. The lowest BCUT2D eigenvalue weighted by Crippen LogP contribution is -2.25. The van der Waals surface area contributed by atoms with Crippen LogP contribution in [0.2, 0.25) is 5.02 Å². The Balaban J connectivity index is 1.61. The van der Waals surface area contributed by atoms with Crippen molar-refractivity contribution in [1.29, 1.82) is 0 Å². The van der Waals surface area contributed by atoms with Crippen LogP contribution in [0.3, 0.4) is 0 Å². The van der Waals surface area contributed by atoms with Gasteiger partial charge in [0.25, 0.3) is 0 Å². The molecule has 8 heteroatoms. The molecule has 0 aliphatic carbocycles. The summed E-state index contributed by atoms with van der Waals surface area (Å²) in [7, 11) is 3.06. The Morgan fingerprint density at radius 3 is 2.23 bits per heavy atom. The predicted octanol–water partition coefficient (Wildman–Crippen LogP) is 6.92. The fourth-order valence-electron chi connectivity index (χ4n) is 3.65. The summed E-state index contributed by atoms with van der Waals surface area (Å²) in [4.78, 5) is 21.5. The molecule has 1 aromatic heterocycles. The van der Waals surface area contributed by atoms with Crippen LogP contribution >= 0.6 is 23.4 Å².